The lowest BCUT2D eigenvalue weighted by atomic mass is 10.0. The van der Waals surface area contributed by atoms with Crippen LogP contribution >= 0.6 is 0 Å². The van der Waals surface area contributed by atoms with Crippen molar-refractivity contribution in [2.45, 2.75) is 40.0 Å². The van der Waals surface area contributed by atoms with Crippen molar-refractivity contribution < 1.29 is 9.21 Å². The molecular weight excluding hydrogens is 252 g/mol. The number of para-hydroxylation sites is 1. The molecular formula is C16H20N2O2. The Balaban J connectivity index is 2.17. The van der Waals surface area contributed by atoms with Gasteiger partial charge in [0.15, 0.2) is 6.39 Å². The molecule has 0 radical (unpaired) electrons. The van der Waals surface area contributed by atoms with E-state index in [0.29, 0.717) is 5.76 Å². The fraction of sp³-hybridized carbons (Fsp3) is 0.375. The monoisotopic (exact) mass is 272 g/mol. The quantitative estimate of drug-likeness (QED) is 0.908. The fourth-order valence-electron chi connectivity index (χ4n) is 2.23. The smallest absolute Gasteiger partial charge is 0.232 e. The number of amides is 1. The first-order valence-corrected chi connectivity index (χ1v) is 6.95. The molecule has 0 saturated heterocycles. The second-order valence-corrected chi connectivity index (χ2v) is 4.74. The van der Waals surface area contributed by atoms with Gasteiger partial charge in [-0.25, -0.2) is 4.98 Å². The van der Waals surface area contributed by atoms with Gasteiger partial charge in [-0.05, 0) is 30.9 Å². The molecule has 1 heterocycles. The van der Waals surface area contributed by atoms with Crippen LogP contribution in [0.5, 0.6) is 0 Å². The average Bonchev–Trinajstić information content (AvgIpc) is 2.84. The van der Waals surface area contributed by atoms with Gasteiger partial charge in [-0.15, -0.1) is 0 Å². The summed E-state index contributed by atoms with van der Waals surface area (Å²) >= 11 is 0. The third-order valence-corrected chi connectivity index (χ3v) is 3.43. The maximum Gasteiger partial charge on any atom is 0.232 e. The minimum atomic E-state index is -0.0690. The van der Waals surface area contributed by atoms with Gasteiger partial charge in [0.1, 0.15) is 5.76 Å². The topological polar surface area (TPSA) is 55.1 Å². The van der Waals surface area contributed by atoms with Crippen molar-refractivity contribution in [2.24, 2.45) is 0 Å². The minimum absolute atomic E-state index is 0.0690. The van der Waals surface area contributed by atoms with Gasteiger partial charge in [-0.2, -0.15) is 0 Å². The number of nitrogens with one attached hydrogen (secondary N) is 1. The number of hydrogen-bond donors (Lipinski definition) is 1. The fourth-order valence-corrected chi connectivity index (χ4v) is 2.23. The van der Waals surface area contributed by atoms with Gasteiger partial charge >= 0.3 is 0 Å². The first-order valence-electron chi connectivity index (χ1n) is 6.95. The number of benzene rings is 1. The van der Waals surface area contributed by atoms with Crippen LogP contribution in [0.2, 0.25) is 0 Å². The van der Waals surface area contributed by atoms with E-state index in [2.05, 4.69) is 36.3 Å². The molecule has 0 bridgehead atoms. The van der Waals surface area contributed by atoms with E-state index in [0.717, 1.165) is 35.3 Å². The highest BCUT2D eigenvalue weighted by atomic mass is 16.3. The molecule has 0 saturated carbocycles. The molecule has 0 spiro atoms. The van der Waals surface area contributed by atoms with Gasteiger partial charge in [0.05, 0.1) is 12.1 Å². The zero-order valence-corrected chi connectivity index (χ0v) is 12.2. The molecule has 0 fully saturated rings. The van der Waals surface area contributed by atoms with Crippen LogP contribution in [0.3, 0.4) is 0 Å². The second kappa shape index (κ2) is 6.37. The maximum atomic E-state index is 12.2. The number of carbonyl (C=O) groups excluding carboxylic acids is 1. The number of carbonyl (C=O) groups is 1. The summed E-state index contributed by atoms with van der Waals surface area (Å²) in [5.41, 5.74) is 4.03. The maximum absolute atomic E-state index is 12.2. The second-order valence-electron chi connectivity index (χ2n) is 4.74. The van der Waals surface area contributed by atoms with Crippen molar-refractivity contribution >= 4 is 11.6 Å². The van der Waals surface area contributed by atoms with E-state index in [9.17, 15) is 4.79 Å². The van der Waals surface area contributed by atoms with Crippen molar-refractivity contribution in [1.82, 2.24) is 4.98 Å². The average molecular weight is 272 g/mol. The lowest BCUT2D eigenvalue weighted by molar-refractivity contribution is -0.115. The SMILES string of the molecule is CCc1cccc(CC)c1NC(=O)Cc1ocnc1C. The Hall–Kier alpha value is -2.10. The van der Waals surface area contributed by atoms with Crippen LogP contribution in [0.25, 0.3) is 0 Å². The summed E-state index contributed by atoms with van der Waals surface area (Å²) in [6.45, 7) is 6.01. The minimum Gasteiger partial charge on any atom is -0.448 e. The lowest BCUT2D eigenvalue weighted by Crippen LogP contribution is -2.17. The van der Waals surface area contributed by atoms with E-state index >= 15 is 0 Å². The van der Waals surface area contributed by atoms with E-state index in [4.69, 9.17) is 4.42 Å². The number of aromatic nitrogens is 1. The molecule has 4 nitrogen and oxygen atoms in total. The molecule has 106 valence electrons. The van der Waals surface area contributed by atoms with Gasteiger partial charge in [-0.1, -0.05) is 32.0 Å². The lowest BCUT2D eigenvalue weighted by Gasteiger charge is -2.14. The van der Waals surface area contributed by atoms with E-state index in [1.165, 1.54) is 6.39 Å². The summed E-state index contributed by atoms with van der Waals surface area (Å²) in [7, 11) is 0. The molecule has 0 atom stereocenters. The molecule has 1 aromatic carbocycles. The first kappa shape index (κ1) is 14.3. The summed E-state index contributed by atoms with van der Waals surface area (Å²) < 4.78 is 5.21. The van der Waals surface area contributed by atoms with E-state index in [1.807, 2.05) is 13.0 Å². The molecule has 1 aromatic heterocycles. The van der Waals surface area contributed by atoms with Crippen LogP contribution in [-0.2, 0) is 24.1 Å². The van der Waals surface area contributed by atoms with Crippen LogP contribution in [0.1, 0.15) is 36.4 Å². The van der Waals surface area contributed by atoms with Gasteiger partial charge in [0, 0.05) is 5.69 Å². The van der Waals surface area contributed by atoms with Crippen molar-refractivity contribution in [3.05, 3.63) is 47.2 Å². The van der Waals surface area contributed by atoms with Crippen LogP contribution in [0, 0.1) is 6.92 Å². The summed E-state index contributed by atoms with van der Waals surface area (Å²) in [6, 6.07) is 6.14. The van der Waals surface area contributed by atoms with E-state index in [1.54, 1.807) is 0 Å². The molecule has 0 aliphatic rings. The third-order valence-electron chi connectivity index (χ3n) is 3.43. The first-order chi connectivity index (χ1) is 9.65. The zero-order valence-electron chi connectivity index (χ0n) is 12.2. The van der Waals surface area contributed by atoms with Crippen molar-refractivity contribution in [3.63, 3.8) is 0 Å². The molecule has 1 amide bonds. The summed E-state index contributed by atoms with van der Waals surface area (Å²) in [4.78, 5) is 16.2. The molecule has 0 aliphatic carbocycles. The predicted octanol–water partition coefficient (Wildman–Crippen LogP) is 3.29. The predicted molar refractivity (Wildman–Crippen MR) is 78.8 cm³/mol. The van der Waals surface area contributed by atoms with Crippen molar-refractivity contribution in [1.29, 1.82) is 0 Å². The molecule has 0 aliphatic heterocycles. The Morgan fingerprint density at radius 2 is 1.90 bits per heavy atom. The molecule has 20 heavy (non-hydrogen) atoms. The van der Waals surface area contributed by atoms with Gasteiger partial charge < -0.3 is 9.73 Å². The van der Waals surface area contributed by atoms with Gasteiger partial charge in [0.25, 0.3) is 0 Å². The normalized spacial score (nSPS) is 10.6. The van der Waals surface area contributed by atoms with Crippen LogP contribution in [0.4, 0.5) is 5.69 Å². The Morgan fingerprint density at radius 3 is 2.40 bits per heavy atom. The molecule has 2 rings (SSSR count). The third kappa shape index (κ3) is 3.07. The van der Waals surface area contributed by atoms with Crippen molar-refractivity contribution in [3.8, 4) is 0 Å². The number of nitrogens with zero attached hydrogens (tertiary/aromatic N) is 1. The van der Waals surface area contributed by atoms with Crippen LogP contribution in [-0.4, -0.2) is 10.9 Å². The highest BCUT2D eigenvalue weighted by molar-refractivity contribution is 5.93. The summed E-state index contributed by atoms with van der Waals surface area (Å²) in [6.07, 6.45) is 3.37. The Bertz CT molecular complexity index is 580. The molecule has 2 aromatic rings. The molecule has 4 heteroatoms. The Morgan fingerprint density at radius 1 is 1.25 bits per heavy atom. The number of aryl methyl sites for hydroxylation is 3. The molecule has 1 N–H and O–H groups in total. The molecule has 0 unspecified atom stereocenters. The Labute approximate surface area is 119 Å². The van der Waals surface area contributed by atoms with E-state index in [-0.39, 0.29) is 12.3 Å². The summed E-state index contributed by atoms with van der Waals surface area (Å²) in [5.74, 6) is 0.551. The number of oxazole rings is 1. The number of hydrogen-bond acceptors (Lipinski definition) is 3. The highest BCUT2D eigenvalue weighted by Crippen LogP contribution is 2.23. The zero-order chi connectivity index (χ0) is 14.5. The highest BCUT2D eigenvalue weighted by Gasteiger charge is 2.13. The number of anilines is 1. The standard InChI is InChI=1S/C16H20N2O2/c1-4-12-7-6-8-13(5-2)16(12)18-15(19)9-14-11(3)17-10-20-14/h6-8,10H,4-5,9H2,1-3H3,(H,18,19). The van der Waals surface area contributed by atoms with Crippen molar-refractivity contribution in [2.75, 3.05) is 5.32 Å². The Kier molecular flexibility index (Phi) is 4.56. The van der Waals surface area contributed by atoms with Gasteiger partial charge in [-0.3, -0.25) is 4.79 Å². The summed E-state index contributed by atoms with van der Waals surface area (Å²) in [5, 5.41) is 3.02. The van der Waals surface area contributed by atoms with Gasteiger partial charge in [0.2, 0.25) is 5.91 Å². The van der Waals surface area contributed by atoms with Crippen LogP contribution in [0.15, 0.2) is 29.0 Å². The van der Waals surface area contributed by atoms with Crippen LogP contribution < -0.4 is 5.32 Å². The number of rotatable bonds is 5. The van der Waals surface area contributed by atoms with E-state index < -0.39 is 0 Å². The largest absolute Gasteiger partial charge is 0.448 e.